The molecular formula is C9H12INOS. The largest absolute Gasteiger partial charge is 0.372 e. The Morgan fingerprint density at radius 2 is 2.54 bits per heavy atom. The average Bonchev–Trinajstić information content (AvgIpc) is 2.37. The van der Waals surface area contributed by atoms with Crippen molar-refractivity contribution in [3.05, 3.63) is 19.4 Å². The Balaban J connectivity index is 2.34. The molecule has 1 aromatic rings. The highest BCUT2D eigenvalue weighted by atomic mass is 127. The fraction of sp³-hybridized carbons (Fsp3) is 0.556. The lowest BCUT2D eigenvalue weighted by atomic mass is 10.1. The number of hydrogen-bond donors (Lipinski definition) is 1. The second-order valence-corrected chi connectivity index (χ2v) is 6.16. The second-order valence-electron chi connectivity index (χ2n) is 3.13. The van der Waals surface area contributed by atoms with Gasteiger partial charge in [0.05, 0.1) is 8.99 Å². The van der Waals surface area contributed by atoms with Crippen LogP contribution < -0.4 is 5.73 Å². The molecule has 1 atom stereocenters. The second kappa shape index (κ2) is 4.25. The van der Waals surface area contributed by atoms with Crippen LogP contribution in [0.1, 0.15) is 23.0 Å². The Morgan fingerprint density at radius 1 is 1.69 bits per heavy atom. The third-order valence-electron chi connectivity index (χ3n) is 2.24. The Bertz CT molecular complexity index is 300. The van der Waals surface area contributed by atoms with E-state index in [0.29, 0.717) is 6.54 Å². The fourth-order valence-electron chi connectivity index (χ4n) is 1.62. The van der Waals surface area contributed by atoms with E-state index in [1.165, 1.54) is 13.3 Å². The quantitative estimate of drug-likeness (QED) is 0.808. The molecule has 1 aliphatic rings. The van der Waals surface area contributed by atoms with Crippen LogP contribution in [-0.4, -0.2) is 13.2 Å². The molecule has 1 unspecified atom stereocenters. The molecular weight excluding hydrogens is 297 g/mol. The number of aryl methyl sites for hydroxylation is 1. The van der Waals surface area contributed by atoms with Crippen LogP contribution in [0.25, 0.3) is 0 Å². The van der Waals surface area contributed by atoms with Gasteiger partial charge in [-0.2, -0.15) is 0 Å². The summed E-state index contributed by atoms with van der Waals surface area (Å²) in [6, 6.07) is 2.21. The highest BCUT2D eigenvalue weighted by Gasteiger charge is 2.20. The summed E-state index contributed by atoms with van der Waals surface area (Å²) in [4.78, 5) is 1.47. The van der Waals surface area contributed by atoms with Gasteiger partial charge in [-0.3, -0.25) is 0 Å². The van der Waals surface area contributed by atoms with Crippen LogP contribution in [0.4, 0.5) is 0 Å². The lowest BCUT2D eigenvalue weighted by Crippen LogP contribution is -2.15. The number of ether oxygens (including phenoxy) is 1. The van der Waals surface area contributed by atoms with Crippen molar-refractivity contribution in [2.75, 3.05) is 13.2 Å². The first-order valence-electron chi connectivity index (χ1n) is 4.41. The number of thiophene rings is 1. The van der Waals surface area contributed by atoms with E-state index in [1.54, 1.807) is 0 Å². The summed E-state index contributed by atoms with van der Waals surface area (Å²) in [6.07, 6.45) is 2.41. The van der Waals surface area contributed by atoms with Crippen LogP contribution in [-0.2, 0) is 11.2 Å². The maximum absolute atomic E-state index is 5.67. The van der Waals surface area contributed by atoms with Gasteiger partial charge in [-0.15, -0.1) is 11.3 Å². The highest BCUT2D eigenvalue weighted by molar-refractivity contribution is 14.1. The lowest BCUT2D eigenvalue weighted by molar-refractivity contribution is 0.0627. The van der Waals surface area contributed by atoms with E-state index in [0.717, 1.165) is 19.4 Å². The van der Waals surface area contributed by atoms with E-state index in [1.807, 2.05) is 11.3 Å². The molecule has 13 heavy (non-hydrogen) atoms. The Kier molecular flexibility index (Phi) is 3.23. The summed E-state index contributed by atoms with van der Waals surface area (Å²) in [6.45, 7) is 1.44. The minimum atomic E-state index is 0.136. The van der Waals surface area contributed by atoms with Crippen LogP contribution in [0.15, 0.2) is 6.07 Å². The minimum absolute atomic E-state index is 0.136. The van der Waals surface area contributed by atoms with Crippen molar-refractivity contribution in [3.8, 4) is 0 Å². The van der Waals surface area contributed by atoms with Crippen molar-refractivity contribution >= 4 is 33.9 Å². The van der Waals surface area contributed by atoms with Crippen molar-refractivity contribution in [1.82, 2.24) is 0 Å². The van der Waals surface area contributed by atoms with Gasteiger partial charge in [0.1, 0.15) is 0 Å². The Labute approximate surface area is 95.6 Å². The normalized spacial score (nSPS) is 22.5. The Hall–Kier alpha value is 0.350. The topological polar surface area (TPSA) is 35.2 Å². The van der Waals surface area contributed by atoms with Crippen molar-refractivity contribution < 1.29 is 4.74 Å². The molecule has 4 heteroatoms. The molecule has 0 bridgehead atoms. The fourth-order valence-corrected chi connectivity index (χ4v) is 3.73. The van der Waals surface area contributed by atoms with Crippen LogP contribution in [0, 0.1) is 2.88 Å². The number of halogens is 1. The van der Waals surface area contributed by atoms with Crippen LogP contribution in [0.5, 0.6) is 0 Å². The predicted octanol–water partition coefficient (Wildman–Crippen LogP) is 2.32. The molecule has 0 fully saturated rings. The molecule has 1 aliphatic heterocycles. The maximum atomic E-state index is 5.67. The van der Waals surface area contributed by atoms with Crippen molar-refractivity contribution in [2.45, 2.75) is 18.9 Å². The van der Waals surface area contributed by atoms with Crippen LogP contribution >= 0.6 is 33.9 Å². The van der Waals surface area contributed by atoms with Crippen LogP contribution in [0.2, 0.25) is 0 Å². The molecule has 72 valence electrons. The van der Waals surface area contributed by atoms with E-state index in [-0.39, 0.29) is 6.10 Å². The molecule has 0 aliphatic carbocycles. The average molecular weight is 309 g/mol. The van der Waals surface area contributed by atoms with Crippen molar-refractivity contribution in [2.24, 2.45) is 5.73 Å². The third kappa shape index (κ3) is 2.06. The zero-order valence-corrected chi connectivity index (χ0v) is 10.2. The smallest absolute Gasteiger partial charge is 0.0958 e. The molecule has 1 aromatic heterocycles. The summed E-state index contributed by atoms with van der Waals surface area (Å²) in [5.74, 6) is 0. The van der Waals surface area contributed by atoms with E-state index in [9.17, 15) is 0 Å². The highest BCUT2D eigenvalue weighted by Crippen LogP contribution is 2.33. The third-order valence-corrected chi connectivity index (χ3v) is 4.21. The standard InChI is InChI=1S/C9H12INOS/c10-9-4-6-7(5-11)12-3-1-2-8(6)13-9/h4,7H,1-3,5,11H2. The zero-order chi connectivity index (χ0) is 9.26. The van der Waals surface area contributed by atoms with Gasteiger partial charge in [-0.1, -0.05) is 0 Å². The van der Waals surface area contributed by atoms with Gasteiger partial charge in [-0.05, 0) is 47.1 Å². The molecule has 0 spiro atoms. The molecule has 0 saturated heterocycles. The maximum Gasteiger partial charge on any atom is 0.0958 e. The van der Waals surface area contributed by atoms with E-state index < -0.39 is 0 Å². The lowest BCUT2D eigenvalue weighted by Gasteiger charge is -2.12. The molecule has 0 amide bonds. The molecule has 0 saturated carbocycles. The molecule has 2 nitrogen and oxygen atoms in total. The molecule has 2 rings (SSSR count). The summed E-state index contributed by atoms with van der Waals surface area (Å²) >= 11 is 4.24. The van der Waals surface area contributed by atoms with Gasteiger partial charge in [-0.25, -0.2) is 0 Å². The SMILES string of the molecule is NCC1OCCCc2sc(I)cc21. The molecule has 0 radical (unpaired) electrons. The zero-order valence-electron chi connectivity index (χ0n) is 7.25. The number of rotatable bonds is 1. The van der Waals surface area contributed by atoms with E-state index in [2.05, 4.69) is 28.7 Å². The summed E-state index contributed by atoms with van der Waals surface area (Å²) in [5.41, 5.74) is 7.00. The molecule has 2 N–H and O–H groups in total. The van der Waals surface area contributed by atoms with E-state index in [4.69, 9.17) is 10.5 Å². The summed E-state index contributed by atoms with van der Waals surface area (Å²) < 4.78 is 7.01. The molecule has 0 aromatic carbocycles. The molecule has 2 heterocycles. The summed E-state index contributed by atoms with van der Waals surface area (Å²) in [7, 11) is 0. The first-order valence-corrected chi connectivity index (χ1v) is 6.30. The predicted molar refractivity (Wildman–Crippen MR) is 63.1 cm³/mol. The van der Waals surface area contributed by atoms with Crippen molar-refractivity contribution in [1.29, 1.82) is 0 Å². The van der Waals surface area contributed by atoms with Crippen LogP contribution in [0.3, 0.4) is 0 Å². The number of fused-ring (bicyclic) bond motifs is 1. The summed E-state index contributed by atoms with van der Waals surface area (Å²) in [5, 5.41) is 0. The first kappa shape index (κ1) is 9.89. The number of nitrogens with two attached hydrogens (primary N) is 1. The van der Waals surface area contributed by atoms with Gasteiger partial charge >= 0.3 is 0 Å². The van der Waals surface area contributed by atoms with Gasteiger partial charge in [0.2, 0.25) is 0 Å². The minimum Gasteiger partial charge on any atom is -0.372 e. The number of hydrogen-bond acceptors (Lipinski definition) is 3. The Morgan fingerprint density at radius 3 is 3.31 bits per heavy atom. The van der Waals surface area contributed by atoms with E-state index >= 15 is 0 Å². The van der Waals surface area contributed by atoms with Gasteiger partial charge in [0.25, 0.3) is 0 Å². The van der Waals surface area contributed by atoms with Crippen molar-refractivity contribution in [3.63, 3.8) is 0 Å². The van der Waals surface area contributed by atoms with Gasteiger partial charge in [0.15, 0.2) is 0 Å². The monoisotopic (exact) mass is 309 g/mol. The van der Waals surface area contributed by atoms with Gasteiger partial charge < -0.3 is 10.5 Å². The van der Waals surface area contributed by atoms with Gasteiger partial charge in [0, 0.05) is 18.0 Å². The first-order chi connectivity index (χ1) is 6.31.